The Balaban J connectivity index is 0.000000394. The second-order valence-electron chi connectivity index (χ2n) is 41.4. The van der Waals surface area contributed by atoms with E-state index >= 15 is 0 Å². The molecule has 0 radical (unpaired) electrons. The Bertz CT molecular complexity index is 3480. The minimum Gasteiger partial charge on any atom is -0.487 e. The van der Waals surface area contributed by atoms with Crippen molar-refractivity contribution in [3.63, 3.8) is 0 Å². The molecule has 5 aromatic heterocycles. The second-order valence-corrected chi connectivity index (χ2v) is 48.6. The first kappa shape index (κ1) is 125. The summed E-state index contributed by atoms with van der Waals surface area (Å²) in [7, 11) is 0. The lowest BCUT2D eigenvalue weighted by Crippen LogP contribution is -2.43. The van der Waals surface area contributed by atoms with E-state index in [2.05, 4.69) is 98.0 Å². The van der Waals surface area contributed by atoms with Gasteiger partial charge in [-0.2, -0.15) is 0 Å². The molecule has 4 unspecified atom stereocenters. The van der Waals surface area contributed by atoms with Crippen molar-refractivity contribution in [2.45, 2.75) is 481 Å². The van der Waals surface area contributed by atoms with Crippen LogP contribution in [0.4, 0.5) is 0 Å². The monoisotopic (exact) mass is 2160 g/mol. The lowest BCUT2D eigenvalue weighted by molar-refractivity contribution is -0.0722. The highest BCUT2D eigenvalue weighted by atomic mass is 79.9. The zero-order valence-corrected chi connectivity index (χ0v) is 95.4. The van der Waals surface area contributed by atoms with Gasteiger partial charge in [-0.25, -0.2) is 0 Å². The van der Waals surface area contributed by atoms with Crippen molar-refractivity contribution in [3.05, 3.63) is 29.1 Å². The van der Waals surface area contributed by atoms with Gasteiger partial charge in [0.2, 0.25) is 0 Å². The molecular formula is C118H204Br2O14S5. The molecule has 139 heavy (non-hydrogen) atoms. The number of ether oxygens (including phenoxy) is 14. The molecule has 804 valence electrons. The molecular weight excluding hydrogens is 1960 g/mol. The molecule has 5 aliphatic heterocycles. The van der Waals surface area contributed by atoms with Gasteiger partial charge in [0.05, 0.1) is 56.8 Å². The van der Waals surface area contributed by atoms with Crippen LogP contribution in [0.3, 0.4) is 0 Å². The first-order valence-corrected chi connectivity index (χ1v) is 63.0. The van der Waals surface area contributed by atoms with Crippen molar-refractivity contribution >= 4 is 88.5 Å². The first-order valence-electron chi connectivity index (χ1n) is 57.1. The standard InChI is InChI=1S/C61H100O8S3.C49H90Br2O4S.C6H6O2S.2CH4/c1-5-9-13-17-21-23-27-31-35-49(33-29-25-19-15-11-7-3)41-62-45-61(46-63-42-50(34-30-26-20-16-12-8-4)36-32-28-24-22-18-14-10-6-2)47-68-55-56(69-48-61)60(58-54-52(44-71-58)65-38-40-67-54)72-59(55)57-53-51(43-70-57)64-37-39-66-53;1-5-9-13-17-21-23-27-31-35-43(33-29-25-19-15-11-7-3)37-52-39-49(41-54-45-46(55-42-49)48(51)56-47(45)50)40-53-38-44(34-30-26-20-16-12-8-4)36-32-28-24-22-18-14-10-6-2;1-2-8-6-4-9-3-5(6)7-1;;/h43-44,49-50H,5-42,45-48H2,1-4H3;43-44H,5-42H2,1-4H3;3-4H,1-2H2;2*1H4. The minimum absolute atomic E-state index is 0. The molecule has 10 heterocycles. The third kappa shape index (κ3) is 50.4. The van der Waals surface area contributed by atoms with Crippen molar-refractivity contribution in [1.82, 2.24) is 0 Å². The largest absolute Gasteiger partial charge is 0.487 e. The summed E-state index contributed by atoms with van der Waals surface area (Å²) in [4.78, 5) is 4.03. The maximum Gasteiger partial charge on any atom is 0.187 e. The second kappa shape index (κ2) is 80.3. The Morgan fingerprint density at radius 1 is 0.237 bits per heavy atom. The molecule has 21 heteroatoms. The van der Waals surface area contributed by atoms with Crippen molar-refractivity contribution in [2.24, 2.45) is 34.5 Å². The highest BCUT2D eigenvalue weighted by Gasteiger charge is 2.43. The van der Waals surface area contributed by atoms with Gasteiger partial charge in [0.15, 0.2) is 57.5 Å². The highest BCUT2D eigenvalue weighted by Crippen LogP contribution is 2.62. The number of fused-ring (bicyclic) bond motifs is 5. The van der Waals surface area contributed by atoms with Crippen LogP contribution in [0.1, 0.15) is 481 Å². The van der Waals surface area contributed by atoms with E-state index in [-0.39, 0.29) is 20.3 Å². The number of halogens is 2. The molecule has 4 atom stereocenters. The van der Waals surface area contributed by atoms with Gasteiger partial charge in [0.25, 0.3) is 0 Å². The zero-order chi connectivity index (χ0) is 96.8. The molecule has 0 spiro atoms. The summed E-state index contributed by atoms with van der Waals surface area (Å²) < 4.78 is 92.3. The summed E-state index contributed by atoms with van der Waals surface area (Å²) in [5.74, 6) is 10.5. The van der Waals surface area contributed by atoms with Crippen LogP contribution in [0.25, 0.3) is 19.5 Å². The summed E-state index contributed by atoms with van der Waals surface area (Å²) in [6, 6.07) is 0. The van der Waals surface area contributed by atoms with Crippen LogP contribution in [-0.4, -0.2) is 119 Å². The van der Waals surface area contributed by atoms with Gasteiger partial charge in [-0.05, 0) is 107 Å². The number of thiophene rings is 5. The topological polar surface area (TPSA) is 129 Å². The van der Waals surface area contributed by atoms with E-state index in [4.69, 9.17) is 66.3 Å². The smallest absolute Gasteiger partial charge is 0.187 e. The van der Waals surface area contributed by atoms with Crippen LogP contribution < -0.4 is 47.4 Å². The number of hydrogen-bond acceptors (Lipinski definition) is 19. The molecule has 5 aromatic rings. The van der Waals surface area contributed by atoms with Crippen LogP contribution in [0.5, 0.6) is 57.5 Å². The maximum absolute atomic E-state index is 7.19. The Morgan fingerprint density at radius 2 is 0.446 bits per heavy atom. The Morgan fingerprint density at radius 3 is 0.683 bits per heavy atom. The van der Waals surface area contributed by atoms with Gasteiger partial charge in [-0.1, -0.05) is 430 Å². The fourth-order valence-electron chi connectivity index (χ4n) is 19.9. The fraction of sp³-hybridized carbons (Fsp3) is 0.831. The zero-order valence-electron chi connectivity index (χ0n) is 88.1. The lowest BCUT2D eigenvalue weighted by atomic mass is 9.91. The Hall–Kier alpha value is -2.70. The van der Waals surface area contributed by atoms with Crippen molar-refractivity contribution in [1.29, 1.82) is 0 Å². The average Bonchev–Trinajstić information content (AvgIpc) is 1.59. The molecule has 0 saturated carbocycles. The van der Waals surface area contributed by atoms with E-state index in [9.17, 15) is 0 Å². The highest BCUT2D eigenvalue weighted by molar-refractivity contribution is 9.12. The molecule has 0 aliphatic carbocycles. The van der Waals surface area contributed by atoms with E-state index in [1.165, 1.54) is 411 Å². The van der Waals surface area contributed by atoms with Crippen LogP contribution in [0, 0.1) is 34.5 Å². The van der Waals surface area contributed by atoms with Gasteiger partial charge < -0.3 is 66.3 Å². The fourth-order valence-corrected chi connectivity index (χ4v) is 26.8. The molecule has 0 saturated heterocycles. The summed E-state index contributed by atoms with van der Waals surface area (Å²) in [5.41, 5.74) is -0.845. The molecule has 0 aromatic carbocycles. The van der Waals surface area contributed by atoms with Crippen molar-refractivity contribution < 1.29 is 66.3 Å². The van der Waals surface area contributed by atoms with Crippen molar-refractivity contribution in [3.8, 4) is 77.0 Å². The quantitative estimate of drug-likeness (QED) is 0.0342. The predicted octanol–water partition coefficient (Wildman–Crippen LogP) is 40.0. The van der Waals surface area contributed by atoms with E-state index < -0.39 is 5.41 Å². The van der Waals surface area contributed by atoms with Gasteiger partial charge >= 0.3 is 0 Å². The Labute approximate surface area is 888 Å². The lowest BCUT2D eigenvalue weighted by Gasteiger charge is -2.32. The number of hydrogen-bond donors (Lipinski definition) is 0. The molecule has 5 aliphatic rings. The molecule has 10 rings (SSSR count). The summed E-state index contributed by atoms with van der Waals surface area (Å²) >= 11 is 15.7. The molecule has 0 fully saturated rings. The first-order chi connectivity index (χ1) is 67.5. The Kier molecular flexibility index (Phi) is 72.2. The molecule has 0 bridgehead atoms. The normalized spacial score (nSPS) is 15.2. The SMILES string of the molecule is C.C.CCCCCCCCCCC(CCCCCCCC)COCC1(COCC(CCCCCCCC)CCCCCCCCCC)COc2c(-c3scc4c3OCCO4)sc(-c3scc4c3OCCO4)c2OC1.CCCCCCCCCCC(CCCCCCCC)COCC1(COCC(CCCCCCCC)CCCCCCCCCC)COc2c(Br)sc(Br)c2OC1.c1scc2c1OCCO2. The van der Waals surface area contributed by atoms with Crippen LogP contribution in [0.15, 0.2) is 29.1 Å². The number of unbranched alkanes of at least 4 members (excludes halogenated alkanes) is 48. The van der Waals surface area contributed by atoms with Crippen molar-refractivity contribution in [2.75, 3.05) is 119 Å². The molecule has 0 amide bonds. The summed E-state index contributed by atoms with van der Waals surface area (Å²) in [5, 5.41) is 8.03. The van der Waals surface area contributed by atoms with E-state index in [1.54, 1.807) is 56.7 Å². The van der Waals surface area contributed by atoms with Gasteiger partial charge in [-0.3, -0.25) is 0 Å². The summed E-state index contributed by atoms with van der Waals surface area (Å²) in [6.45, 7) is 29.5. The maximum atomic E-state index is 7.19. The summed E-state index contributed by atoms with van der Waals surface area (Å²) in [6.07, 6.45) is 86.0. The van der Waals surface area contributed by atoms with E-state index in [0.717, 1.165) is 111 Å². The number of rotatable bonds is 82. The van der Waals surface area contributed by atoms with Gasteiger partial charge in [-0.15, -0.1) is 56.7 Å². The third-order valence-corrected chi connectivity index (χ3v) is 35.1. The molecule has 14 nitrogen and oxygen atoms in total. The third-order valence-electron chi connectivity index (χ3n) is 28.6. The van der Waals surface area contributed by atoms with E-state index in [0.29, 0.717) is 116 Å². The van der Waals surface area contributed by atoms with Crippen LogP contribution >= 0.6 is 88.5 Å². The van der Waals surface area contributed by atoms with Crippen LogP contribution in [0.2, 0.25) is 0 Å². The average molecular weight is 2170 g/mol. The molecule has 0 N–H and O–H groups in total. The van der Waals surface area contributed by atoms with E-state index in [1.807, 2.05) is 10.8 Å². The van der Waals surface area contributed by atoms with Gasteiger partial charge in [0.1, 0.15) is 73.6 Å². The predicted molar refractivity (Wildman–Crippen MR) is 606 cm³/mol. The van der Waals surface area contributed by atoms with Crippen LogP contribution in [-0.2, 0) is 18.9 Å². The van der Waals surface area contributed by atoms with Gasteiger partial charge in [0, 0.05) is 47.9 Å². The minimum atomic E-state index is -0.499.